The third kappa shape index (κ3) is 4.89. The Kier molecular flexibility index (Phi) is 7.17. The van der Waals surface area contributed by atoms with Gasteiger partial charge in [0.15, 0.2) is 0 Å². The highest BCUT2D eigenvalue weighted by molar-refractivity contribution is 5.85. The van der Waals surface area contributed by atoms with E-state index in [1.807, 2.05) is 12.1 Å². The van der Waals surface area contributed by atoms with Crippen LogP contribution in [-0.4, -0.2) is 32.1 Å². The second-order valence-electron chi connectivity index (χ2n) is 6.33. The molecule has 124 valence electrons. The van der Waals surface area contributed by atoms with Crippen molar-refractivity contribution in [3.05, 3.63) is 29.8 Å². The van der Waals surface area contributed by atoms with Gasteiger partial charge in [-0.2, -0.15) is 0 Å². The summed E-state index contributed by atoms with van der Waals surface area (Å²) in [6.07, 6.45) is 3.24. The van der Waals surface area contributed by atoms with E-state index in [1.165, 1.54) is 12.0 Å². The van der Waals surface area contributed by atoms with Gasteiger partial charge in [0.1, 0.15) is 5.75 Å². The van der Waals surface area contributed by atoms with Crippen molar-refractivity contribution >= 4 is 18.3 Å². The van der Waals surface area contributed by atoms with Crippen LogP contribution in [0.15, 0.2) is 24.3 Å². The van der Waals surface area contributed by atoms with Gasteiger partial charge in [0.05, 0.1) is 13.2 Å². The van der Waals surface area contributed by atoms with Crippen molar-refractivity contribution in [1.29, 1.82) is 0 Å². The zero-order chi connectivity index (χ0) is 15.3. The number of ether oxygens (including phenoxy) is 1. The minimum atomic E-state index is -0.101. The van der Waals surface area contributed by atoms with Crippen molar-refractivity contribution in [1.82, 2.24) is 10.6 Å². The standard InChI is InChI=1S/C17H26N2O2.ClH/c1-17(2,13-7-9-14(21-3)10-8-13)12-19-16(20)15-6-4-5-11-18-15;/h7-10,15,18H,4-6,11-12H2,1-3H3,(H,19,20);1H. The number of rotatable bonds is 5. The molecule has 0 bridgehead atoms. The molecule has 0 radical (unpaired) electrons. The molecule has 0 aromatic heterocycles. The molecule has 1 aliphatic rings. The molecule has 1 aromatic rings. The Bertz CT molecular complexity index is 468. The molecule has 2 N–H and O–H groups in total. The number of amides is 1. The highest BCUT2D eigenvalue weighted by atomic mass is 35.5. The van der Waals surface area contributed by atoms with Crippen LogP contribution < -0.4 is 15.4 Å². The lowest BCUT2D eigenvalue weighted by Gasteiger charge is -2.28. The van der Waals surface area contributed by atoms with Crippen molar-refractivity contribution in [3.8, 4) is 5.75 Å². The summed E-state index contributed by atoms with van der Waals surface area (Å²) in [5, 5.41) is 6.37. The molecule has 1 saturated heterocycles. The lowest BCUT2D eigenvalue weighted by Crippen LogP contribution is -2.49. The van der Waals surface area contributed by atoms with E-state index in [2.05, 4.69) is 36.6 Å². The minimum absolute atomic E-state index is 0. The van der Waals surface area contributed by atoms with E-state index in [0.29, 0.717) is 6.54 Å². The van der Waals surface area contributed by atoms with Crippen molar-refractivity contribution in [2.75, 3.05) is 20.2 Å². The summed E-state index contributed by atoms with van der Waals surface area (Å²) in [6, 6.07) is 8.02. The van der Waals surface area contributed by atoms with Gasteiger partial charge in [0.2, 0.25) is 5.91 Å². The van der Waals surface area contributed by atoms with Crippen LogP contribution in [0.4, 0.5) is 0 Å². The van der Waals surface area contributed by atoms with Gasteiger partial charge >= 0.3 is 0 Å². The summed E-state index contributed by atoms with van der Waals surface area (Å²) >= 11 is 0. The molecule has 1 heterocycles. The minimum Gasteiger partial charge on any atom is -0.497 e. The zero-order valence-corrected chi connectivity index (χ0v) is 14.5. The summed E-state index contributed by atoms with van der Waals surface area (Å²) in [5.41, 5.74) is 1.09. The average molecular weight is 327 g/mol. The largest absolute Gasteiger partial charge is 0.497 e. The third-order valence-electron chi connectivity index (χ3n) is 4.20. The first-order valence-corrected chi connectivity index (χ1v) is 7.68. The molecular weight excluding hydrogens is 300 g/mol. The summed E-state index contributed by atoms with van der Waals surface area (Å²) in [4.78, 5) is 12.2. The Balaban J connectivity index is 0.00000242. The number of methoxy groups -OCH3 is 1. The first kappa shape index (κ1) is 18.8. The normalized spacial score (nSPS) is 18.2. The van der Waals surface area contributed by atoms with Crippen molar-refractivity contribution < 1.29 is 9.53 Å². The molecule has 1 fully saturated rings. The Hall–Kier alpha value is -1.26. The van der Waals surface area contributed by atoms with Crippen LogP contribution in [0.2, 0.25) is 0 Å². The lowest BCUT2D eigenvalue weighted by atomic mass is 9.84. The van der Waals surface area contributed by atoms with Gasteiger partial charge in [0, 0.05) is 12.0 Å². The molecule has 0 aliphatic carbocycles. The van der Waals surface area contributed by atoms with Crippen LogP contribution >= 0.6 is 12.4 Å². The average Bonchev–Trinajstić information content (AvgIpc) is 2.53. The molecule has 1 amide bonds. The van der Waals surface area contributed by atoms with Gasteiger partial charge < -0.3 is 15.4 Å². The fourth-order valence-corrected chi connectivity index (χ4v) is 2.65. The van der Waals surface area contributed by atoms with E-state index >= 15 is 0 Å². The maximum Gasteiger partial charge on any atom is 0.237 e. The molecule has 1 atom stereocenters. The van der Waals surface area contributed by atoms with E-state index in [4.69, 9.17) is 4.74 Å². The first-order chi connectivity index (χ1) is 10.0. The van der Waals surface area contributed by atoms with Gasteiger partial charge in [-0.05, 0) is 37.1 Å². The molecular formula is C17H27ClN2O2. The van der Waals surface area contributed by atoms with Crippen LogP contribution in [0.1, 0.15) is 38.7 Å². The molecule has 0 saturated carbocycles. The Morgan fingerprint density at radius 2 is 2.00 bits per heavy atom. The molecule has 0 spiro atoms. The smallest absolute Gasteiger partial charge is 0.237 e. The van der Waals surface area contributed by atoms with E-state index in [-0.39, 0.29) is 29.8 Å². The number of carbonyl (C=O) groups excluding carboxylic acids is 1. The zero-order valence-electron chi connectivity index (χ0n) is 13.6. The van der Waals surface area contributed by atoms with Crippen molar-refractivity contribution in [2.45, 2.75) is 44.6 Å². The van der Waals surface area contributed by atoms with Crippen LogP contribution in [0.3, 0.4) is 0 Å². The van der Waals surface area contributed by atoms with Gasteiger partial charge in [-0.15, -0.1) is 12.4 Å². The van der Waals surface area contributed by atoms with E-state index in [0.717, 1.165) is 25.1 Å². The quantitative estimate of drug-likeness (QED) is 0.874. The maximum atomic E-state index is 12.2. The van der Waals surface area contributed by atoms with Crippen LogP contribution in [0.5, 0.6) is 5.75 Å². The SMILES string of the molecule is COc1ccc(C(C)(C)CNC(=O)C2CCCCN2)cc1.Cl. The van der Waals surface area contributed by atoms with Gasteiger partial charge in [-0.3, -0.25) is 4.79 Å². The number of piperidine rings is 1. The topological polar surface area (TPSA) is 50.4 Å². The molecule has 1 aromatic carbocycles. The number of halogens is 1. The van der Waals surface area contributed by atoms with E-state index in [9.17, 15) is 4.79 Å². The predicted molar refractivity (Wildman–Crippen MR) is 91.9 cm³/mol. The Morgan fingerprint density at radius 1 is 1.32 bits per heavy atom. The van der Waals surface area contributed by atoms with Crippen LogP contribution in [0.25, 0.3) is 0 Å². The van der Waals surface area contributed by atoms with Gasteiger partial charge in [-0.25, -0.2) is 0 Å². The molecule has 22 heavy (non-hydrogen) atoms. The van der Waals surface area contributed by atoms with Crippen molar-refractivity contribution in [3.63, 3.8) is 0 Å². The van der Waals surface area contributed by atoms with E-state index < -0.39 is 0 Å². The summed E-state index contributed by atoms with van der Waals surface area (Å²) in [6.45, 7) is 5.86. The fraction of sp³-hybridized carbons (Fsp3) is 0.588. The predicted octanol–water partition coefficient (Wildman–Crippen LogP) is 2.65. The fourth-order valence-electron chi connectivity index (χ4n) is 2.65. The highest BCUT2D eigenvalue weighted by Crippen LogP contribution is 2.24. The highest BCUT2D eigenvalue weighted by Gasteiger charge is 2.25. The number of nitrogens with one attached hydrogen (secondary N) is 2. The summed E-state index contributed by atoms with van der Waals surface area (Å²) in [5.74, 6) is 0.973. The first-order valence-electron chi connectivity index (χ1n) is 7.68. The molecule has 5 heteroatoms. The Labute approximate surface area is 139 Å². The second kappa shape index (κ2) is 8.39. The second-order valence-corrected chi connectivity index (χ2v) is 6.33. The number of benzene rings is 1. The van der Waals surface area contributed by atoms with Gasteiger partial charge in [0.25, 0.3) is 0 Å². The molecule has 2 rings (SSSR count). The van der Waals surface area contributed by atoms with Crippen molar-refractivity contribution in [2.24, 2.45) is 0 Å². The van der Waals surface area contributed by atoms with E-state index in [1.54, 1.807) is 7.11 Å². The molecule has 1 unspecified atom stereocenters. The third-order valence-corrected chi connectivity index (χ3v) is 4.20. The lowest BCUT2D eigenvalue weighted by molar-refractivity contribution is -0.123. The monoisotopic (exact) mass is 326 g/mol. The number of hydrogen-bond acceptors (Lipinski definition) is 3. The summed E-state index contributed by atoms with van der Waals surface area (Å²) < 4.78 is 5.18. The maximum absolute atomic E-state index is 12.2. The molecule has 1 aliphatic heterocycles. The number of hydrogen-bond donors (Lipinski definition) is 2. The summed E-state index contributed by atoms with van der Waals surface area (Å²) in [7, 11) is 1.66. The van der Waals surface area contributed by atoms with Crippen LogP contribution in [-0.2, 0) is 10.2 Å². The Morgan fingerprint density at radius 3 is 2.55 bits per heavy atom. The van der Waals surface area contributed by atoms with Gasteiger partial charge in [-0.1, -0.05) is 32.4 Å². The van der Waals surface area contributed by atoms with Crippen LogP contribution in [0, 0.1) is 0 Å². The number of carbonyl (C=O) groups is 1. The molecule has 4 nitrogen and oxygen atoms in total.